The van der Waals surface area contributed by atoms with Crippen molar-refractivity contribution in [3.8, 4) is 17.2 Å². The Morgan fingerprint density at radius 2 is 1.74 bits per heavy atom. The lowest BCUT2D eigenvalue weighted by Crippen LogP contribution is -2.29. The lowest BCUT2D eigenvalue weighted by Gasteiger charge is -2.12. The minimum absolute atomic E-state index is 0.120. The number of benzene rings is 2. The predicted octanol–water partition coefficient (Wildman–Crippen LogP) is 2.60. The molecule has 0 radical (unpaired) electrons. The third-order valence-corrected chi connectivity index (χ3v) is 4.63. The second kappa shape index (κ2) is 9.75. The largest absolute Gasteiger partial charge is 0.496 e. The minimum atomic E-state index is -0.538. The summed E-state index contributed by atoms with van der Waals surface area (Å²) >= 11 is 0. The maximum absolute atomic E-state index is 12.8. The topological polar surface area (TPSA) is 104 Å². The molecular formula is C22H24N4O5. The van der Waals surface area contributed by atoms with Crippen LogP contribution in [0.4, 0.5) is 0 Å². The van der Waals surface area contributed by atoms with E-state index in [0.29, 0.717) is 46.6 Å². The first-order valence-electron chi connectivity index (χ1n) is 9.67. The quantitative estimate of drug-likeness (QED) is 0.440. The van der Waals surface area contributed by atoms with Crippen LogP contribution in [0, 0.1) is 0 Å². The standard InChI is InChI=1S/C22H24N4O5/c1-5-10-26-22(28)16-9-7-6-8-15(16)20(25-26)21(27)24-23-13-17-18(30-3)11-14(29-2)12-19(17)31-4/h6-9,11-13H,5,10H2,1-4H3,(H,24,27)/b23-13+. The van der Waals surface area contributed by atoms with Gasteiger partial charge in [0.2, 0.25) is 0 Å². The van der Waals surface area contributed by atoms with Crippen LogP contribution in [0.2, 0.25) is 0 Å². The highest BCUT2D eigenvalue weighted by atomic mass is 16.5. The molecule has 0 saturated carbocycles. The summed E-state index contributed by atoms with van der Waals surface area (Å²) in [5.41, 5.74) is 2.89. The van der Waals surface area contributed by atoms with Gasteiger partial charge >= 0.3 is 0 Å². The van der Waals surface area contributed by atoms with Crippen molar-refractivity contribution in [3.05, 3.63) is 58.0 Å². The zero-order valence-electron chi connectivity index (χ0n) is 17.8. The molecule has 2 aromatic carbocycles. The van der Waals surface area contributed by atoms with Gasteiger partial charge in [0.05, 0.1) is 38.5 Å². The number of aromatic nitrogens is 2. The highest BCUT2D eigenvalue weighted by molar-refractivity contribution is 6.05. The average Bonchev–Trinajstić information content (AvgIpc) is 2.80. The fourth-order valence-corrected chi connectivity index (χ4v) is 3.13. The molecule has 9 heteroatoms. The molecule has 0 bridgehead atoms. The van der Waals surface area contributed by atoms with Crippen molar-refractivity contribution in [3.63, 3.8) is 0 Å². The third kappa shape index (κ3) is 4.50. The lowest BCUT2D eigenvalue weighted by atomic mass is 10.1. The summed E-state index contributed by atoms with van der Waals surface area (Å²) in [6.45, 7) is 2.34. The van der Waals surface area contributed by atoms with E-state index in [2.05, 4.69) is 15.6 Å². The Bertz CT molecular complexity index is 1160. The number of rotatable bonds is 8. The number of hydrazone groups is 1. The molecular weight excluding hydrogens is 400 g/mol. The Morgan fingerprint density at radius 3 is 2.32 bits per heavy atom. The van der Waals surface area contributed by atoms with Gasteiger partial charge in [-0.25, -0.2) is 10.1 Å². The molecule has 0 atom stereocenters. The van der Waals surface area contributed by atoms with Crippen molar-refractivity contribution in [2.75, 3.05) is 21.3 Å². The first-order chi connectivity index (χ1) is 15.0. The van der Waals surface area contributed by atoms with Crippen LogP contribution in [0.1, 0.15) is 29.4 Å². The van der Waals surface area contributed by atoms with Crippen molar-refractivity contribution in [2.24, 2.45) is 5.10 Å². The van der Waals surface area contributed by atoms with Crippen LogP contribution in [0.15, 0.2) is 46.3 Å². The van der Waals surface area contributed by atoms with Gasteiger partial charge in [-0.2, -0.15) is 10.2 Å². The summed E-state index contributed by atoms with van der Waals surface area (Å²) in [5, 5.41) is 9.20. The summed E-state index contributed by atoms with van der Waals surface area (Å²) in [4.78, 5) is 25.4. The fourth-order valence-electron chi connectivity index (χ4n) is 3.13. The van der Waals surface area contributed by atoms with Crippen LogP contribution in [0.3, 0.4) is 0 Å². The molecule has 0 spiro atoms. The fraction of sp³-hybridized carbons (Fsp3) is 0.273. The molecule has 0 saturated heterocycles. The number of methoxy groups -OCH3 is 3. The van der Waals surface area contributed by atoms with Crippen molar-refractivity contribution < 1.29 is 19.0 Å². The Morgan fingerprint density at radius 1 is 1.10 bits per heavy atom. The van der Waals surface area contributed by atoms with Gasteiger partial charge in [-0.15, -0.1) is 0 Å². The SMILES string of the molecule is CCCn1nc(C(=O)N/N=C/c2c(OC)cc(OC)cc2OC)c2ccccc2c1=O. The van der Waals surface area contributed by atoms with Gasteiger partial charge in [0.15, 0.2) is 5.69 Å². The van der Waals surface area contributed by atoms with Crippen molar-refractivity contribution >= 4 is 22.9 Å². The Balaban J connectivity index is 1.95. The molecule has 1 aromatic heterocycles. The summed E-state index contributed by atoms with van der Waals surface area (Å²) in [5.74, 6) is 0.955. The zero-order chi connectivity index (χ0) is 22.4. The Hall–Kier alpha value is -3.88. The number of nitrogens with zero attached hydrogens (tertiary/aromatic N) is 3. The van der Waals surface area contributed by atoms with E-state index in [4.69, 9.17) is 14.2 Å². The van der Waals surface area contributed by atoms with Crippen molar-refractivity contribution in [2.45, 2.75) is 19.9 Å². The first kappa shape index (κ1) is 21.8. The van der Waals surface area contributed by atoms with Gasteiger partial charge in [0.1, 0.15) is 17.2 Å². The molecule has 1 heterocycles. The first-order valence-corrected chi connectivity index (χ1v) is 9.67. The number of hydrogen-bond acceptors (Lipinski definition) is 7. The molecule has 31 heavy (non-hydrogen) atoms. The molecule has 3 aromatic rings. The van der Waals surface area contributed by atoms with Crippen LogP contribution in [0.25, 0.3) is 10.8 Å². The summed E-state index contributed by atoms with van der Waals surface area (Å²) in [7, 11) is 4.56. The number of fused-ring (bicyclic) bond motifs is 1. The zero-order valence-corrected chi connectivity index (χ0v) is 17.8. The summed E-state index contributed by atoms with van der Waals surface area (Å²) in [6.07, 6.45) is 2.13. The Labute approximate surface area is 179 Å². The van der Waals surface area contributed by atoms with E-state index in [1.807, 2.05) is 6.92 Å². The second-order valence-electron chi connectivity index (χ2n) is 6.57. The molecule has 0 aliphatic heterocycles. The maximum atomic E-state index is 12.8. The molecule has 0 aliphatic carbocycles. The Kier molecular flexibility index (Phi) is 6.86. The number of carbonyl (C=O) groups excluding carboxylic acids is 1. The van der Waals surface area contributed by atoms with E-state index in [1.165, 1.54) is 32.2 Å². The van der Waals surface area contributed by atoms with Gasteiger partial charge in [-0.3, -0.25) is 9.59 Å². The monoisotopic (exact) mass is 424 g/mol. The summed E-state index contributed by atoms with van der Waals surface area (Å²) in [6, 6.07) is 10.2. The number of ether oxygens (including phenoxy) is 3. The molecule has 0 unspecified atom stereocenters. The number of hydrogen-bond donors (Lipinski definition) is 1. The smallest absolute Gasteiger partial charge is 0.292 e. The molecule has 3 rings (SSSR count). The molecule has 1 amide bonds. The number of nitrogens with one attached hydrogen (secondary N) is 1. The van der Waals surface area contributed by atoms with Crippen LogP contribution in [-0.4, -0.2) is 43.2 Å². The lowest BCUT2D eigenvalue weighted by molar-refractivity contribution is 0.0949. The normalized spacial score (nSPS) is 11.0. The van der Waals surface area contributed by atoms with Gasteiger partial charge in [0, 0.05) is 24.1 Å². The summed E-state index contributed by atoms with van der Waals surface area (Å²) < 4.78 is 17.3. The molecule has 0 fully saturated rings. The van der Waals surface area contributed by atoms with Gasteiger partial charge in [0.25, 0.3) is 11.5 Å². The van der Waals surface area contributed by atoms with Gasteiger partial charge < -0.3 is 14.2 Å². The number of amides is 1. The van der Waals surface area contributed by atoms with Gasteiger partial charge in [-0.1, -0.05) is 25.1 Å². The van der Waals surface area contributed by atoms with E-state index in [9.17, 15) is 9.59 Å². The van der Waals surface area contributed by atoms with Crippen LogP contribution in [0.5, 0.6) is 17.2 Å². The van der Waals surface area contributed by atoms with Crippen LogP contribution >= 0.6 is 0 Å². The van der Waals surface area contributed by atoms with E-state index in [0.717, 1.165) is 0 Å². The molecule has 0 aliphatic rings. The number of carbonyl (C=O) groups is 1. The highest BCUT2D eigenvalue weighted by Gasteiger charge is 2.16. The van der Waals surface area contributed by atoms with Crippen LogP contribution in [-0.2, 0) is 6.54 Å². The third-order valence-electron chi connectivity index (χ3n) is 4.63. The average molecular weight is 424 g/mol. The van der Waals surface area contributed by atoms with Gasteiger partial charge in [-0.05, 0) is 12.5 Å². The van der Waals surface area contributed by atoms with E-state index in [-0.39, 0.29) is 11.3 Å². The number of aryl methyl sites for hydroxylation is 1. The van der Waals surface area contributed by atoms with Crippen molar-refractivity contribution in [1.29, 1.82) is 0 Å². The predicted molar refractivity (Wildman–Crippen MR) is 117 cm³/mol. The molecule has 9 nitrogen and oxygen atoms in total. The van der Waals surface area contributed by atoms with E-state index < -0.39 is 5.91 Å². The second-order valence-corrected chi connectivity index (χ2v) is 6.57. The maximum Gasteiger partial charge on any atom is 0.292 e. The highest BCUT2D eigenvalue weighted by Crippen LogP contribution is 2.32. The molecule has 1 N–H and O–H groups in total. The van der Waals surface area contributed by atoms with E-state index >= 15 is 0 Å². The van der Waals surface area contributed by atoms with E-state index in [1.54, 1.807) is 36.4 Å². The molecule has 162 valence electrons. The van der Waals surface area contributed by atoms with Crippen LogP contribution < -0.4 is 25.2 Å². The minimum Gasteiger partial charge on any atom is -0.496 e. The van der Waals surface area contributed by atoms with Crippen molar-refractivity contribution in [1.82, 2.24) is 15.2 Å².